The number of hydrogen-bond donors (Lipinski definition) is 0. The topological polar surface area (TPSA) is 65.7 Å². The molecule has 1 aromatic rings. The van der Waals surface area contributed by atoms with E-state index in [1.807, 2.05) is 20.1 Å². The minimum Gasteiger partial charge on any atom is -0.493 e. The lowest BCUT2D eigenvalue weighted by Gasteiger charge is -2.66. The lowest BCUT2D eigenvalue weighted by Crippen LogP contribution is -2.64. The summed E-state index contributed by atoms with van der Waals surface area (Å²) >= 11 is 0. The van der Waals surface area contributed by atoms with Crippen LogP contribution in [0.4, 0.5) is 0 Å². The maximum Gasteiger partial charge on any atom is 0.302 e. The van der Waals surface area contributed by atoms with E-state index in [1.165, 1.54) is 18.1 Å². The fourth-order valence-electron chi connectivity index (χ4n) is 8.90. The van der Waals surface area contributed by atoms with Crippen LogP contribution in [0.1, 0.15) is 78.7 Å². The maximum absolute atomic E-state index is 13.3. The van der Waals surface area contributed by atoms with Gasteiger partial charge in [-0.25, -0.2) is 0 Å². The number of hydrogen-bond acceptors (Lipinski definition) is 5. The van der Waals surface area contributed by atoms with Crippen LogP contribution < -0.4 is 0 Å². The van der Waals surface area contributed by atoms with Crippen molar-refractivity contribution >= 4 is 11.8 Å². The third-order valence-corrected chi connectivity index (χ3v) is 10.4. The smallest absolute Gasteiger partial charge is 0.302 e. The Labute approximate surface area is 202 Å². The van der Waals surface area contributed by atoms with E-state index in [9.17, 15) is 9.59 Å². The lowest BCUT2D eigenvalue weighted by molar-refractivity contribution is -0.189. The average Bonchev–Trinajstić information content (AvgIpc) is 3.40. The molecule has 0 amide bonds. The molecule has 0 radical (unpaired) electrons. The third-order valence-electron chi connectivity index (χ3n) is 10.4. The molecule has 4 aliphatic carbocycles. The summed E-state index contributed by atoms with van der Waals surface area (Å²) in [6.07, 6.45) is 11.6. The van der Waals surface area contributed by atoms with E-state index in [2.05, 4.69) is 39.0 Å². The van der Waals surface area contributed by atoms with Gasteiger partial charge >= 0.3 is 5.97 Å². The second kappa shape index (κ2) is 7.35. The monoisotopic (exact) mass is 466 g/mol. The van der Waals surface area contributed by atoms with Crippen LogP contribution >= 0.6 is 0 Å². The first-order valence-corrected chi connectivity index (χ1v) is 12.6. The largest absolute Gasteiger partial charge is 0.493 e. The quantitative estimate of drug-likeness (QED) is 0.391. The molecule has 1 aromatic heterocycles. The van der Waals surface area contributed by atoms with E-state index < -0.39 is 5.41 Å². The molecule has 0 bridgehead atoms. The molecule has 0 N–H and O–H groups in total. The number of rotatable bonds is 3. The number of esters is 1. The number of furan rings is 1. The standard InChI is InChI=1S/C29H38O5/c1-17(30)34-24-14-23-26(2,3)25(31)20(32-7)15-28(23,5)22-10-12-27(4)19(18-11-13-33-16-18)8-9-21(27)29(22,24)6/h9,11,13,15-16,19,22-24H,8,10,12,14H2,1-7H3/t19-,22?,23?,24+,27-,28+,29-/m0/s1. The highest BCUT2D eigenvalue weighted by Crippen LogP contribution is 2.73. The normalized spacial score (nSPS) is 42.6. The van der Waals surface area contributed by atoms with E-state index in [4.69, 9.17) is 13.9 Å². The van der Waals surface area contributed by atoms with Gasteiger partial charge in [0.2, 0.25) is 5.78 Å². The summed E-state index contributed by atoms with van der Waals surface area (Å²) in [7, 11) is 1.60. The summed E-state index contributed by atoms with van der Waals surface area (Å²) in [4.78, 5) is 25.7. The molecule has 4 aliphatic rings. The van der Waals surface area contributed by atoms with E-state index >= 15 is 0 Å². The number of allylic oxidation sites excluding steroid dienone is 3. The van der Waals surface area contributed by atoms with E-state index in [-0.39, 0.29) is 45.9 Å². The summed E-state index contributed by atoms with van der Waals surface area (Å²) in [6.45, 7) is 12.6. The molecule has 184 valence electrons. The van der Waals surface area contributed by atoms with Gasteiger partial charge in [-0.3, -0.25) is 9.59 Å². The van der Waals surface area contributed by atoms with Crippen LogP contribution in [0.3, 0.4) is 0 Å². The number of fused-ring (bicyclic) bond motifs is 5. The van der Waals surface area contributed by atoms with Gasteiger partial charge in [0.15, 0.2) is 5.76 Å². The summed E-state index contributed by atoms with van der Waals surface area (Å²) in [5, 5.41) is 0. The van der Waals surface area contributed by atoms with Crippen LogP contribution in [-0.4, -0.2) is 25.0 Å². The summed E-state index contributed by atoms with van der Waals surface area (Å²) in [5.74, 6) is 0.911. The Morgan fingerprint density at radius 1 is 1.15 bits per heavy atom. The molecule has 7 atom stereocenters. The zero-order chi connectivity index (χ0) is 24.7. The summed E-state index contributed by atoms with van der Waals surface area (Å²) in [6, 6.07) is 2.09. The predicted molar refractivity (Wildman–Crippen MR) is 129 cm³/mol. The molecule has 0 saturated heterocycles. The first-order valence-electron chi connectivity index (χ1n) is 12.6. The van der Waals surface area contributed by atoms with Gasteiger partial charge in [0.25, 0.3) is 0 Å². The SMILES string of the molecule is COC1=C[C@@]2(C)C(C[C@@H](OC(C)=O)[C@@]3(C)C4=CC[C@@H](c5ccoc5)[C@]4(C)CCC23)C(C)(C)C1=O. The number of carbonyl (C=O) groups is 2. The number of ether oxygens (including phenoxy) is 2. The predicted octanol–water partition coefficient (Wildman–Crippen LogP) is 6.21. The van der Waals surface area contributed by atoms with Crippen LogP contribution in [0.25, 0.3) is 0 Å². The molecule has 2 saturated carbocycles. The van der Waals surface area contributed by atoms with Gasteiger partial charge in [-0.15, -0.1) is 0 Å². The molecule has 5 rings (SSSR count). The van der Waals surface area contributed by atoms with Crippen molar-refractivity contribution in [2.24, 2.45) is 33.5 Å². The van der Waals surface area contributed by atoms with Gasteiger partial charge in [-0.2, -0.15) is 0 Å². The Morgan fingerprint density at radius 2 is 1.88 bits per heavy atom. The zero-order valence-electron chi connectivity index (χ0n) is 21.6. The Balaban J connectivity index is 1.67. The molecule has 0 aromatic carbocycles. The molecule has 34 heavy (non-hydrogen) atoms. The van der Waals surface area contributed by atoms with Crippen molar-refractivity contribution in [3.8, 4) is 0 Å². The number of methoxy groups -OCH3 is 1. The second-order valence-electron chi connectivity index (χ2n) is 12.3. The minimum absolute atomic E-state index is 0.0233. The molecule has 5 heteroatoms. The molecule has 0 spiro atoms. The summed E-state index contributed by atoms with van der Waals surface area (Å²) in [5.41, 5.74) is 1.46. The Morgan fingerprint density at radius 3 is 2.50 bits per heavy atom. The highest BCUT2D eigenvalue weighted by molar-refractivity contribution is 5.99. The van der Waals surface area contributed by atoms with Gasteiger partial charge < -0.3 is 13.9 Å². The van der Waals surface area contributed by atoms with Crippen LogP contribution in [0.15, 0.2) is 46.5 Å². The first-order chi connectivity index (χ1) is 15.9. The lowest BCUT2D eigenvalue weighted by atomic mass is 9.38. The second-order valence-corrected chi connectivity index (χ2v) is 12.3. The maximum atomic E-state index is 13.3. The highest BCUT2D eigenvalue weighted by atomic mass is 16.5. The molecule has 0 aliphatic heterocycles. The number of ketones is 1. The Bertz CT molecular complexity index is 1080. The van der Waals surface area contributed by atoms with Gasteiger partial charge in [-0.05, 0) is 72.0 Å². The van der Waals surface area contributed by atoms with Crippen molar-refractivity contribution < 1.29 is 23.5 Å². The van der Waals surface area contributed by atoms with Crippen molar-refractivity contribution in [1.29, 1.82) is 0 Å². The molecular weight excluding hydrogens is 428 g/mol. The van der Waals surface area contributed by atoms with Crippen LogP contribution in [0.5, 0.6) is 0 Å². The number of carbonyl (C=O) groups excluding carboxylic acids is 2. The number of Topliss-reactive ketones (excluding diaryl/α,β-unsaturated/α-hetero) is 1. The zero-order valence-corrected chi connectivity index (χ0v) is 21.6. The van der Waals surface area contributed by atoms with Gasteiger partial charge in [0.1, 0.15) is 6.10 Å². The van der Waals surface area contributed by atoms with Crippen LogP contribution in [-0.2, 0) is 19.1 Å². The Kier molecular flexibility index (Phi) is 5.07. The van der Waals surface area contributed by atoms with Crippen molar-refractivity contribution in [3.63, 3.8) is 0 Å². The van der Waals surface area contributed by atoms with Gasteiger partial charge in [-0.1, -0.05) is 46.3 Å². The van der Waals surface area contributed by atoms with E-state index in [0.717, 1.165) is 19.3 Å². The average molecular weight is 467 g/mol. The Hall–Kier alpha value is -2.30. The van der Waals surface area contributed by atoms with Crippen LogP contribution in [0.2, 0.25) is 0 Å². The molecular formula is C29H38O5. The third kappa shape index (κ3) is 2.85. The molecule has 5 nitrogen and oxygen atoms in total. The molecule has 2 fully saturated rings. The summed E-state index contributed by atoms with van der Waals surface area (Å²) < 4.78 is 17.2. The van der Waals surface area contributed by atoms with Crippen molar-refractivity contribution in [1.82, 2.24) is 0 Å². The fraction of sp³-hybridized carbons (Fsp3) is 0.655. The van der Waals surface area contributed by atoms with Crippen molar-refractivity contribution in [3.05, 3.63) is 47.6 Å². The van der Waals surface area contributed by atoms with Crippen molar-refractivity contribution in [2.45, 2.75) is 79.2 Å². The van der Waals surface area contributed by atoms with E-state index in [0.29, 0.717) is 18.1 Å². The minimum atomic E-state index is -0.599. The van der Waals surface area contributed by atoms with Crippen LogP contribution in [0, 0.1) is 33.5 Å². The van der Waals surface area contributed by atoms with Gasteiger partial charge in [0.05, 0.1) is 19.6 Å². The fourth-order valence-corrected chi connectivity index (χ4v) is 8.90. The van der Waals surface area contributed by atoms with Gasteiger partial charge in [0, 0.05) is 17.8 Å². The molecule has 1 heterocycles. The van der Waals surface area contributed by atoms with Crippen molar-refractivity contribution in [2.75, 3.05) is 7.11 Å². The molecule has 2 unspecified atom stereocenters. The van der Waals surface area contributed by atoms with E-state index in [1.54, 1.807) is 13.4 Å². The first kappa shape index (κ1) is 23.4. The highest BCUT2D eigenvalue weighted by Gasteiger charge is 2.69.